The van der Waals surface area contributed by atoms with Gasteiger partial charge in [0.1, 0.15) is 0 Å². The molecule has 7 heteroatoms. The second-order valence-electron chi connectivity index (χ2n) is 6.04. The number of aromatic nitrogens is 1. The highest BCUT2D eigenvalue weighted by molar-refractivity contribution is 7.16. The van der Waals surface area contributed by atoms with E-state index in [9.17, 15) is 9.90 Å². The van der Waals surface area contributed by atoms with E-state index in [1.807, 2.05) is 37.3 Å². The third kappa shape index (κ3) is 3.32. The van der Waals surface area contributed by atoms with Gasteiger partial charge in [-0.3, -0.25) is 4.99 Å². The summed E-state index contributed by atoms with van der Waals surface area (Å²) in [4.78, 5) is 20.3. The molecule has 134 valence electrons. The number of aliphatic imine (C=N–C) groups is 1. The van der Waals surface area contributed by atoms with Crippen LogP contribution in [0.5, 0.6) is 5.88 Å². The Hall–Kier alpha value is -3.45. The van der Waals surface area contributed by atoms with Gasteiger partial charge in [0.05, 0.1) is 16.1 Å². The standard InChI is InChI=1S/C20H15N3O3S/c1-11-6-7-12(19(25)26)8-16(11)22-20-23-18(24)17(27-20)9-13-10-21-15-5-3-2-4-14(13)15/h2-10,24H,1H3,(H,22,23)(H,25,26)/b13-9-. The summed E-state index contributed by atoms with van der Waals surface area (Å²) < 4.78 is 0. The number of aromatic carboxylic acids is 1. The van der Waals surface area contributed by atoms with Gasteiger partial charge in [0.2, 0.25) is 5.88 Å². The van der Waals surface area contributed by atoms with Gasteiger partial charge in [0, 0.05) is 23.0 Å². The number of fused-ring (bicyclic) bond motifs is 1. The van der Waals surface area contributed by atoms with Crippen molar-refractivity contribution in [2.75, 3.05) is 5.32 Å². The zero-order valence-corrected chi connectivity index (χ0v) is 15.1. The third-order valence-electron chi connectivity index (χ3n) is 4.20. The Bertz CT molecular complexity index is 1120. The molecule has 0 bridgehead atoms. The van der Waals surface area contributed by atoms with Crippen LogP contribution < -0.4 is 5.32 Å². The molecule has 0 fully saturated rings. The molecular formula is C20H15N3O3S. The Labute approximate surface area is 159 Å². The fourth-order valence-corrected chi connectivity index (χ4v) is 3.60. The predicted molar refractivity (Wildman–Crippen MR) is 108 cm³/mol. The van der Waals surface area contributed by atoms with E-state index >= 15 is 0 Å². The van der Waals surface area contributed by atoms with Crippen LogP contribution in [0.2, 0.25) is 0 Å². The van der Waals surface area contributed by atoms with Crippen LogP contribution in [0.3, 0.4) is 0 Å². The Balaban J connectivity index is 1.64. The van der Waals surface area contributed by atoms with Crippen LogP contribution in [-0.4, -0.2) is 27.4 Å². The minimum atomic E-state index is -0.996. The summed E-state index contributed by atoms with van der Waals surface area (Å²) in [5, 5.41) is 22.9. The predicted octanol–water partition coefficient (Wildman–Crippen LogP) is 4.86. The van der Waals surface area contributed by atoms with E-state index in [1.54, 1.807) is 24.4 Å². The molecule has 0 atom stereocenters. The topological polar surface area (TPSA) is 94.8 Å². The SMILES string of the molecule is Cc1ccc(C(=O)O)cc1Nc1nc(O)c(/C=C2/C=Nc3ccccc32)s1. The quantitative estimate of drug-likeness (QED) is 0.604. The molecule has 1 aromatic heterocycles. The normalized spacial score (nSPS) is 13.7. The molecule has 0 spiro atoms. The lowest BCUT2D eigenvalue weighted by Gasteiger charge is -2.07. The lowest BCUT2D eigenvalue weighted by atomic mass is 10.1. The second-order valence-corrected chi connectivity index (χ2v) is 7.07. The molecule has 2 aromatic carbocycles. The summed E-state index contributed by atoms with van der Waals surface area (Å²) in [5.74, 6) is -1.08. The number of para-hydroxylation sites is 1. The van der Waals surface area contributed by atoms with Crippen molar-refractivity contribution in [1.82, 2.24) is 4.98 Å². The Morgan fingerprint density at radius 2 is 2.04 bits per heavy atom. The maximum atomic E-state index is 11.2. The van der Waals surface area contributed by atoms with Crippen LogP contribution in [0.15, 0.2) is 47.5 Å². The number of aromatic hydroxyl groups is 1. The Kier molecular flexibility index (Phi) is 4.21. The van der Waals surface area contributed by atoms with E-state index in [0.29, 0.717) is 15.7 Å². The number of benzene rings is 2. The number of anilines is 2. The van der Waals surface area contributed by atoms with Crippen molar-refractivity contribution >= 4 is 51.7 Å². The van der Waals surface area contributed by atoms with Gasteiger partial charge in [-0.2, -0.15) is 4.98 Å². The first-order valence-electron chi connectivity index (χ1n) is 8.17. The fraction of sp³-hybridized carbons (Fsp3) is 0.0500. The molecule has 1 aliphatic heterocycles. The van der Waals surface area contributed by atoms with Gasteiger partial charge in [-0.25, -0.2) is 4.79 Å². The Morgan fingerprint density at radius 3 is 2.85 bits per heavy atom. The molecule has 3 aromatic rings. The highest BCUT2D eigenvalue weighted by Crippen LogP contribution is 2.37. The summed E-state index contributed by atoms with van der Waals surface area (Å²) in [6.45, 7) is 1.87. The average molecular weight is 377 g/mol. The highest BCUT2D eigenvalue weighted by atomic mass is 32.1. The molecule has 3 N–H and O–H groups in total. The second kappa shape index (κ2) is 6.69. The molecule has 2 heterocycles. The summed E-state index contributed by atoms with van der Waals surface area (Å²) in [6, 6.07) is 12.6. The van der Waals surface area contributed by atoms with Gasteiger partial charge in [0.15, 0.2) is 5.13 Å². The van der Waals surface area contributed by atoms with Crippen LogP contribution in [0.25, 0.3) is 11.6 Å². The number of aryl methyl sites for hydroxylation is 1. The maximum absolute atomic E-state index is 11.2. The van der Waals surface area contributed by atoms with Crippen LogP contribution in [0, 0.1) is 6.92 Å². The number of carbonyl (C=O) groups is 1. The van der Waals surface area contributed by atoms with E-state index in [0.717, 1.165) is 22.4 Å². The molecule has 27 heavy (non-hydrogen) atoms. The monoisotopic (exact) mass is 377 g/mol. The number of thiazole rings is 1. The lowest BCUT2D eigenvalue weighted by Crippen LogP contribution is -1.99. The number of nitrogens with zero attached hydrogens (tertiary/aromatic N) is 2. The number of nitrogens with one attached hydrogen (secondary N) is 1. The molecule has 0 amide bonds. The summed E-state index contributed by atoms with van der Waals surface area (Å²) in [6.07, 6.45) is 3.60. The third-order valence-corrected chi connectivity index (χ3v) is 5.11. The van der Waals surface area contributed by atoms with E-state index in [1.165, 1.54) is 11.3 Å². The number of hydrogen-bond acceptors (Lipinski definition) is 6. The number of carboxylic acids is 1. The molecule has 4 rings (SSSR count). The van der Waals surface area contributed by atoms with Crippen molar-refractivity contribution in [2.45, 2.75) is 6.92 Å². The van der Waals surface area contributed by atoms with Crippen LogP contribution >= 0.6 is 11.3 Å². The largest absolute Gasteiger partial charge is 0.492 e. The van der Waals surface area contributed by atoms with E-state index in [4.69, 9.17) is 5.11 Å². The molecule has 1 aliphatic rings. The molecule has 0 aliphatic carbocycles. The van der Waals surface area contributed by atoms with Gasteiger partial charge < -0.3 is 15.5 Å². The molecule has 0 saturated carbocycles. The van der Waals surface area contributed by atoms with Crippen molar-refractivity contribution in [2.24, 2.45) is 4.99 Å². The van der Waals surface area contributed by atoms with Crippen molar-refractivity contribution < 1.29 is 15.0 Å². The molecule has 0 saturated heterocycles. The van der Waals surface area contributed by atoms with Gasteiger partial charge in [-0.1, -0.05) is 35.6 Å². The summed E-state index contributed by atoms with van der Waals surface area (Å²) in [7, 11) is 0. The molecule has 0 radical (unpaired) electrons. The van der Waals surface area contributed by atoms with E-state index in [-0.39, 0.29) is 11.4 Å². The van der Waals surface area contributed by atoms with Crippen molar-refractivity contribution in [3.05, 3.63) is 64.0 Å². The van der Waals surface area contributed by atoms with Crippen molar-refractivity contribution in [3.63, 3.8) is 0 Å². The van der Waals surface area contributed by atoms with Crippen LogP contribution in [-0.2, 0) is 0 Å². The maximum Gasteiger partial charge on any atom is 0.335 e. The van der Waals surface area contributed by atoms with Gasteiger partial charge in [-0.05, 0) is 36.8 Å². The minimum absolute atomic E-state index is 0.0835. The van der Waals surface area contributed by atoms with Gasteiger partial charge in [0.25, 0.3) is 0 Å². The lowest BCUT2D eigenvalue weighted by molar-refractivity contribution is 0.0697. The number of carboxylic acid groups (broad SMARTS) is 1. The minimum Gasteiger partial charge on any atom is -0.492 e. The van der Waals surface area contributed by atoms with Crippen molar-refractivity contribution in [3.8, 4) is 5.88 Å². The first kappa shape index (κ1) is 17.0. The smallest absolute Gasteiger partial charge is 0.335 e. The number of allylic oxidation sites excluding steroid dienone is 1. The van der Waals surface area contributed by atoms with Crippen molar-refractivity contribution in [1.29, 1.82) is 0 Å². The molecular weight excluding hydrogens is 362 g/mol. The summed E-state index contributed by atoms with van der Waals surface area (Å²) in [5.41, 5.74) is 4.50. The first-order chi connectivity index (χ1) is 13.0. The highest BCUT2D eigenvalue weighted by Gasteiger charge is 2.15. The first-order valence-corrected chi connectivity index (χ1v) is 8.99. The Morgan fingerprint density at radius 1 is 1.22 bits per heavy atom. The van der Waals surface area contributed by atoms with Gasteiger partial charge >= 0.3 is 5.97 Å². The van der Waals surface area contributed by atoms with Crippen LogP contribution in [0.4, 0.5) is 16.5 Å². The fourth-order valence-electron chi connectivity index (χ4n) is 2.77. The van der Waals surface area contributed by atoms with E-state index < -0.39 is 5.97 Å². The molecule has 6 nitrogen and oxygen atoms in total. The molecule has 0 unspecified atom stereocenters. The number of hydrogen-bond donors (Lipinski definition) is 3. The number of rotatable bonds is 4. The zero-order valence-electron chi connectivity index (χ0n) is 14.3. The van der Waals surface area contributed by atoms with Gasteiger partial charge in [-0.15, -0.1) is 0 Å². The summed E-state index contributed by atoms with van der Waals surface area (Å²) >= 11 is 1.28. The zero-order chi connectivity index (χ0) is 19.0. The average Bonchev–Trinajstić information content (AvgIpc) is 3.21. The van der Waals surface area contributed by atoms with Crippen LogP contribution in [0.1, 0.15) is 26.4 Å². The van der Waals surface area contributed by atoms with E-state index in [2.05, 4.69) is 15.3 Å².